The number of aromatic amines is 1. The standard InChI is InChI=1S/C28H27ClN4O/c1-17-7-8-19(23(13-17)22-5-3-4-6-25(22)29)9-10-26(34)21-15-24-27(32-33-28(24)31-16-21)20-11-12-30-18(2)14-20/h3-6,9-12,14-17,19,23H,7-8,13H2,1-2H3,(H,31,32,33)/b10-9+/t17?,19?,23-/m1/s1. The Balaban J connectivity index is 1.42. The maximum Gasteiger partial charge on any atom is 0.187 e. The van der Waals surface area contributed by atoms with Crippen molar-refractivity contribution in [1.82, 2.24) is 20.2 Å². The van der Waals surface area contributed by atoms with Crippen molar-refractivity contribution in [2.24, 2.45) is 11.8 Å². The van der Waals surface area contributed by atoms with E-state index in [1.165, 1.54) is 5.56 Å². The Labute approximate surface area is 204 Å². The first-order chi connectivity index (χ1) is 16.5. The molecule has 3 atom stereocenters. The zero-order chi connectivity index (χ0) is 23.7. The Morgan fingerprint density at radius 3 is 2.82 bits per heavy atom. The monoisotopic (exact) mass is 470 g/mol. The smallest absolute Gasteiger partial charge is 0.187 e. The van der Waals surface area contributed by atoms with Gasteiger partial charge in [-0.15, -0.1) is 0 Å². The molecule has 172 valence electrons. The van der Waals surface area contributed by atoms with Crippen molar-refractivity contribution in [2.75, 3.05) is 0 Å². The predicted octanol–water partition coefficient (Wildman–Crippen LogP) is 6.94. The molecule has 1 aromatic carbocycles. The molecule has 3 aromatic heterocycles. The molecule has 5 rings (SSSR count). The number of benzene rings is 1. The summed E-state index contributed by atoms with van der Waals surface area (Å²) in [5.41, 5.74) is 5.01. The van der Waals surface area contributed by atoms with Gasteiger partial charge < -0.3 is 0 Å². The van der Waals surface area contributed by atoms with Gasteiger partial charge in [0.25, 0.3) is 0 Å². The molecule has 0 radical (unpaired) electrons. The minimum Gasteiger partial charge on any atom is -0.289 e. The average Bonchev–Trinajstić information content (AvgIpc) is 3.27. The third-order valence-corrected chi connectivity index (χ3v) is 7.18. The van der Waals surface area contributed by atoms with E-state index in [9.17, 15) is 4.79 Å². The molecule has 0 bridgehead atoms. The summed E-state index contributed by atoms with van der Waals surface area (Å²) in [6.45, 7) is 4.24. The van der Waals surface area contributed by atoms with E-state index in [-0.39, 0.29) is 11.7 Å². The van der Waals surface area contributed by atoms with Gasteiger partial charge in [0.05, 0.1) is 0 Å². The number of fused-ring (bicyclic) bond motifs is 1. The predicted molar refractivity (Wildman–Crippen MR) is 136 cm³/mol. The fraction of sp³-hybridized carbons (Fsp3) is 0.286. The van der Waals surface area contributed by atoms with Crippen LogP contribution in [0.15, 0.2) is 67.0 Å². The molecule has 0 saturated heterocycles. The highest BCUT2D eigenvalue weighted by Gasteiger charge is 2.29. The maximum absolute atomic E-state index is 13.1. The lowest BCUT2D eigenvalue weighted by Gasteiger charge is -2.34. The summed E-state index contributed by atoms with van der Waals surface area (Å²) in [5, 5.41) is 9.02. The van der Waals surface area contributed by atoms with Crippen molar-refractivity contribution in [3.05, 3.63) is 88.9 Å². The second-order valence-corrected chi connectivity index (χ2v) is 9.72. The number of carbonyl (C=O) groups is 1. The van der Waals surface area contributed by atoms with E-state index >= 15 is 0 Å². The molecule has 0 aliphatic heterocycles. The van der Waals surface area contributed by atoms with Crippen LogP contribution in [0.4, 0.5) is 0 Å². The van der Waals surface area contributed by atoms with Gasteiger partial charge in [-0.25, -0.2) is 4.98 Å². The molecular weight excluding hydrogens is 444 g/mol. The number of aryl methyl sites for hydroxylation is 1. The number of pyridine rings is 2. The zero-order valence-corrected chi connectivity index (χ0v) is 20.1. The van der Waals surface area contributed by atoms with Gasteiger partial charge in [-0.3, -0.25) is 14.9 Å². The molecular formula is C28H27ClN4O. The van der Waals surface area contributed by atoms with Gasteiger partial charge in [-0.1, -0.05) is 49.2 Å². The Kier molecular flexibility index (Phi) is 6.29. The number of H-pyrrole nitrogens is 1. The molecule has 1 fully saturated rings. The third-order valence-electron chi connectivity index (χ3n) is 6.84. The first-order valence-electron chi connectivity index (χ1n) is 11.7. The Morgan fingerprint density at radius 2 is 2.00 bits per heavy atom. The Hall–Kier alpha value is -3.31. The van der Waals surface area contributed by atoms with Crippen molar-refractivity contribution >= 4 is 28.4 Å². The van der Waals surface area contributed by atoms with Crippen LogP contribution in [0.1, 0.15) is 53.7 Å². The minimum absolute atomic E-state index is 0.0519. The van der Waals surface area contributed by atoms with Crippen molar-refractivity contribution in [1.29, 1.82) is 0 Å². The van der Waals surface area contributed by atoms with E-state index in [0.29, 0.717) is 23.0 Å². The molecule has 0 amide bonds. The number of aromatic nitrogens is 4. The highest BCUT2D eigenvalue weighted by Crippen LogP contribution is 2.43. The number of halogens is 1. The van der Waals surface area contributed by atoms with Crippen LogP contribution in [-0.4, -0.2) is 25.9 Å². The van der Waals surface area contributed by atoms with Crippen LogP contribution in [0.5, 0.6) is 0 Å². The van der Waals surface area contributed by atoms with Crippen molar-refractivity contribution < 1.29 is 4.79 Å². The second kappa shape index (κ2) is 9.51. The van der Waals surface area contributed by atoms with Gasteiger partial charge in [0.2, 0.25) is 0 Å². The minimum atomic E-state index is -0.0519. The number of hydrogen-bond acceptors (Lipinski definition) is 4. The van der Waals surface area contributed by atoms with Gasteiger partial charge in [0.15, 0.2) is 11.4 Å². The fourth-order valence-electron chi connectivity index (χ4n) is 5.03. The van der Waals surface area contributed by atoms with E-state index < -0.39 is 0 Å². The lowest BCUT2D eigenvalue weighted by molar-refractivity contribution is 0.104. The quantitative estimate of drug-likeness (QED) is 0.253. The lowest BCUT2D eigenvalue weighted by atomic mass is 9.71. The van der Waals surface area contributed by atoms with Crippen LogP contribution >= 0.6 is 11.6 Å². The van der Waals surface area contributed by atoms with Crippen molar-refractivity contribution in [3.63, 3.8) is 0 Å². The molecule has 4 aromatic rings. The molecule has 5 nitrogen and oxygen atoms in total. The maximum atomic E-state index is 13.1. The SMILES string of the molecule is Cc1cc(-c2n[nH]c3ncc(C(=O)/C=C/C4CCC(C)C[C@H]4c4ccccc4Cl)cc23)ccn1. The summed E-state index contributed by atoms with van der Waals surface area (Å²) in [4.78, 5) is 21.8. The number of carbonyl (C=O) groups excluding carboxylic acids is 1. The molecule has 1 aliphatic rings. The van der Waals surface area contributed by atoms with Crippen molar-refractivity contribution in [3.8, 4) is 11.3 Å². The molecule has 1 saturated carbocycles. The summed E-state index contributed by atoms with van der Waals surface area (Å²) in [5.74, 6) is 1.19. The van der Waals surface area contributed by atoms with Gasteiger partial charge >= 0.3 is 0 Å². The fourth-order valence-corrected chi connectivity index (χ4v) is 5.30. The van der Waals surface area contributed by atoms with Gasteiger partial charge in [-0.05, 0) is 73.4 Å². The van der Waals surface area contributed by atoms with E-state index in [4.69, 9.17) is 11.6 Å². The number of nitrogens with zero attached hydrogens (tertiary/aromatic N) is 3. The summed E-state index contributed by atoms with van der Waals surface area (Å²) in [6, 6.07) is 13.8. The number of nitrogens with one attached hydrogen (secondary N) is 1. The third kappa shape index (κ3) is 4.53. The summed E-state index contributed by atoms with van der Waals surface area (Å²) < 4.78 is 0. The van der Waals surface area contributed by atoms with Gasteiger partial charge in [0, 0.05) is 39.6 Å². The van der Waals surface area contributed by atoms with E-state index in [0.717, 1.165) is 46.6 Å². The van der Waals surface area contributed by atoms with Crippen LogP contribution in [0, 0.1) is 18.8 Å². The van der Waals surface area contributed by atoms with E-state index in [2.05, 4.69) is 39.2 Å². The second-order valence-electron chi connectivity index (χ2n) is 9.31. The molecule has 0 spiro atoms. The summed E-state index contributed by atoms with van der Waals surface area (Å²) in [6.07, 6.45) is 10.4. The van der Waals surface area contributed by atoms with Crippen LogP contribution < -0.4 is 0 Å². The lowest BCUT2D eigenvalue weighted by Crippen LogP contribution is -2.21. The zero-order valence-electron chi connectivity index (χ0n) is 19.3. The number of allylic oxidation sites excluding steroid dienone is 2. The number of ketones is 1. The van der Waals surface area contributed by atoms with E-state index in [1.54, 1.807) is 18.5 Å². The molecule has 2 unspecified atom stereocenters. The topological polar surface area (TPSA) is 71.5 Å². The summed E-state index contributed by atoms with van der Waals surface area (Å²) in [7, 11) is 0. The Bertz CT molecular complexity index is 1380. The first-order valence-corrected chi connectivity index (χ1v) is 12.1. The van der Waals surface area contributed by atoms with Gasteiger partial charge in [-0.2, -0.15) is 5.10 Å². The highest BCUT2D eigenvalue weighted by atomic mass is 35.5. The molecule has 6 heteroatoms. The van der Waals surface area contributed by atoms with E-state index in [1.807, 2.05) is 43.3 Å². The molecule has 1 N–H and O–H groups in total. The van der Waals surface area contributed by atoms with Crippen LogP contribution in [0.2, 0.25) is 5.02 Å². The van der Waals surface area contributed by atoms with Crippen LogP contribution in [0.25, 0.3) is 22.3 Å². The average molecular weight is 471 g/mol. The molecule has 3 heterocycles. The number of hydrogen-bond donors (Lipinski definition) is 1. The normalized spacial score (nSPS) is 20.7. The van der Waals surface area contributed by atoms with Crippen molar-refractivity contribution in [2.45, 2.75) is 39.0 Å². The first kappa shape index (κ1) is 22.5. The Morgan fingerprint density at radius 1 is 1.15 bits per heavy atom. The number of rotatable bonds is 5. The summed E-state index contributed by atoms with van der Waals surface area (Å²) >= 11 is 6.54. The van der Waals surface area contributed by atoms with Crippen LogP contribution in [0.3, 0.4) is 0 Å². The van der Waals surface area contributed by atoms with Gasteiger partial charge in [0.1, 0.15) is 5.69 Å². The largest absolute Gasteiger partial charge is 0.289 e. The van der Waals surface area contributed by atoms with Crippen LogP contribution in [-0.2, 0) is 0 Å². The molecule has 1 aliphatic carbocycles. The highest BCUT2D eigenvalue weighted by molar-refractivity contribution is 6.31. The molecule has 34 heavy (non-hydrogen) atoms.